The summed E-state index contributed by atoms with van der Waals surface area (Å²) in [6.07, 6.45) is 9.21. The van der Waals surface area contributed by atoms with Crippen LogP contribution in [0.1, 0.15) is 69.9 Å². The summed E-state index contributed by atoms with van der Waals surface area (Å²) >= 11 is 0. The third kappa shape index (κ3) is 2.43. The highest BCUT2D eigenvalue weighted by Crippen LogP contribution is 2.37. The quantitative estimate of drug-likeness (QED) is 0.691. The Bertz CT molecular complexity index is 565. The van der Waals surface area contributed by atoms with Crippen molar-refractivity contribution in [2.45, 2.75) is 64.2 Å². The first kappa shape index (κ1) is 12.8. The molecular formula is C18H25N. The normalized spacial score (nSPS) is 18.1. The summed E-state index contributed by atoms with van der Waals surface area (Å²) in [6.45, 7) is 6.88. The molecule has 1 heterocycles. The van der Waals surface area contributed by atoms with E-state index < -0.39 is 0 Å². The van der Waals surface area contributed by atoms with E-state index in [1.807, 2.05) is 0 Å². The lowest BCUT2D eigenvalue weighted by molar-refractivity contribution is 0.445. The molecule has 1 aliphatic carbocycles. The zero-order chi connectivity index (χ0) is 13.5. The van der Waals surface area contributed by atoms with Gasteiger partial charge in [0.25, 0.3) is 0 Å². The molecule has 0 aliphatic heterocycles. The van der Waals surface area contributed by atoms with Crippen LogP contribution < -0.4 is 0 Å². The summed E-state index contributed by atoms with van der Waals surface area (Å²) in [5.74, 6) is 0.776. The lowest BCUT2D eigenvalue weighted by Gasteiger charge is -2.22. The molecular weight excluding hydrogens is 230 g/mol. The number of H-pyrrole nitrogens is 1. The molecule has 0 amide bonds. The lowest BCUT2D eigenvalue weighted by atomic mass is 9.82. The van der Waals surface area contributed by atoms with Gasteiger partial charge in [0.15, 0.2) is 0 Å². The first-order valence-electron chi connectivity index (χ1n) is 7.67. The summed E-state index contributed by atoms with van der Waals surface area (Å²) in [5, 5.41) is 1.46. The Balaban J connectivity index is 2.05. The maximum absolute atomic E-state index is 3.46. The molecule has 0 unspecified atom stereocenters. The fourth-order valence-electron chi connectivity index (χ4n) is 3.36. The van der Waals surface area contributed by atoms with Crippen molar-refractivity contribution < 1.29 is 0 Å². The summed E-state index contributed by atoms with van der Waals surface area (Å²) in [6, 6.07) is 6.93. The van der Waals surface area contributed by atoms with Gasteiger partial charge in [0.1, 0.15) is 0 Å². The Hall–Kier alpha value is -1.24. The van der Waals surface area contributed by atoms with Gasteiger partial charge in [-0.1, -0.05) is 46.1 Å². The van der Waals surface area contributed by atoms with Gasteiger partial charge >= 0.3 is 0 Å². The minimum absolute atomic E-state index is 0.231. The van der Waals surface area contributed by atoms with Gasteiger partial charge in [0.2, 0.25) is 0 Å². The number of hydrogen-bond acceptors (Lipinski definition) is 0. The van der Waals surface area contributed by atoms with Crippen molar-refractivity contribution >= 4 is 10.9 Å². The minimum atomic E-state index is 0.231. The van der Waals surface area contributed by atoms with Crippen molar-refractivity contribution in [3.8, 4) is 0 Å². The standard InChI is InChI=1S/C18H25N/c1-18(2,3)14-9-10-17-15(11-14)16(12-19-17)13-7-5-4-6-8-13/h9-13,19H,4-8H2,1-3H3. The second kappa shape index (κ2) is 4.70. The van der Waals surface area contributed by atoms with Gasteiger partial charge in [0, 0.05) is 17.1 Å². The number of aromatic nitrogens is 1. The monoisotopic (exact) mass is 255 g/mol. The van der Waals surface area contributed by atoms with Crippen LogP contribution in [0, 0.1) is 0 Å². The number of hydrogen-bond donors (Lipinski definition) is 1. The number of fused-ring (bicyclic) bond motifs is 1. The van der Waals surface area contributed by atoms with Crippen LogP contribution >= 0.6 is 0 Å². The summed E-state index contributed by atoms with van der Waals surface area (Å²) in [5.41, 5.74) is 4.53. The van der Waals surface area contributed by atoms with E-state index >= 15 is 0 Å². The van der Waals surface area contributed by atoms with Crippen LogP contribution in [0.2, 0.25) is 0 Å². The molecule has 1 N–H and O–H groups in total. The highest BCUT2D eigenvalue weighted by molar-refractivity contribution is 5.84. The van der Waals surface area contributed by atoms with E-state index in [1.165, 1.54) is 48.6 Å². The smallest absolute Gasteiger partial charge is 0.0457 e. The Labute approximate surface area is 116 Å². The highest BCUT2D eigenvalue weighted by Gasteiger charge is 2.20. The van der Waals surface area contributed by atoms with E-state index in [1.54, 1.807) is 5.56 Å². The number of nitrogens with one attached hydrogen (secondary N) is 1. The van der Waals surface area contributed by atoms with Gasteiger partial charge < -0.3 is 4.98 Å². The van der Waals surface area contributed by atoms with E-state index in [9.17, 15) is 0 Å². The van der Waals surface area contributed by atoms with E-state index in [2.05, 4.69) is 50.2 Å². The summed E-state index contributed by atoms with van der Waals surface area (Å²) < 4.78 is 0. The maximum atomic E-state index is 3.46. The molecule has 2 aromatic rings. The van der Waals surface area contributed by atoms with Crippen molar-refractivity contribution in [2.24, 2.45) is 0 Å². The number of rotatable bonds is 1. The fourth-order valence-corrected chi connectivity index (χ4v) is 3.36. The van der Waals surface area contributed by atoms with Crippen molar-refractivity contribution in [3.63, 3.8) is 0 Å². The molecule has 0 atom stereocenters. The third-order valence-electron chi connectivity index (χ3n) is 4.62. The molecule has 3 rings (SSSR count). The van der Waals surface area contributed by atoms with Gasteiger partial charge in [-0.3, -0.25) is 0 Å². The van der Waals surface area contributed by atoms with Gasteiger partial charge in [-0.15, -0.1) is 0 Å². The van der Waals surface area contributed by atoms with Crippen LogP contribution in [-0.2, 0) is 5.41 Å². The van der Waals surface area contributed by atoms with Gasteiger partial charge in [-0.05, 0) is 47.4 Å². The van der Waals surface area contributed by atoms with Gasteiger partial charge in [0.05, 0.1) is 0 Å². The first-order valence-corrected chi connectivity index (χ1v) is 7.67. The molecule has 0 spiro atoms. The van der Waals surface area contributed by atoms with Crippen LogP contribution in [0.15, 0.2) is 24.4 Å². The van der Waals surface area contributed by atoms with Crippen molar-refractivity contribution in [2.75, 3.05) is 0 Å². The SMILES string of the molecule is CC(C)(C)c1ccc2[nH]cc(C3CCCCC3)c2c1. The lowest BCUT2D eigenvalue weighted by Crippen LogP contribution is -2.10. The fraction of sp³-hybridized carbons (Fsp3) is 0.556. The predicted molar refractivity (Wildman–Crippen MR) is 82.8 cm³/mol. The second-order valence-electron chi connectivity index (χ2n) is 7.09. The van der Waals surface area contributed by atoms with E-state index in [0.717, 1.165) is 5.92 Å². The van der Waals surface area contributed by atoms with Gasteiger partial charge in [-0.25, -0.2) is 0 Å². The third-order valence-corrected chi connectivity index (χ3v) is 4.62. The molecule has 19 heavy (non-hydrogen) atoms. The van der Waals surface area contributed by atoms with E-state index in [4.69, 9.17) is 0 Å². The molecule has 1 aromatic heterocycles. The molecule has 0 saturated heterocycles. The average Bonchev–Trinajstić information content (AvgIpc) is 2.81. The first-order chi connectivity index (χ1) is 9.05. The zero-order valence-corrected chi connectivity index (χ0v) is 12.4. The highest BCUT2D eigenvalue weighted by atomic mass is 14.7. The topological polar surface area (TPSA) is 15.8 Å². The molecule has 1 heteroatoms. The maximum Gasteiger partial charge on any atom is 0.0457 e. The molecule has 1 fully saturated rings. The largest absolute Gasteiger partial charge is 0.361 e. The minimum Gasteiger partial charge on any atom is -0.361 e. The number of benzene rings is 1. The van der Waals surface area contributed by atoms with Crippen LogP contribution in [0.5, 0.6) is 0 Å². The Kier molecular flexibility index (Phi) is 3.16. The molecule has 1 saturated carbocycles. The molecule has 1 aromatic carbocycles. The van der Waals surface area contributed by atoms with Gasteiger partial charge in [-0.2, -0.15) is 0 Å². The van der Waals surface area contributed by atoms with E-state index in [0.29, 0.717) is 0 Å². The van der Waals surface area contributed by atoms with Crippen molar-refractivity contribution in [3.05, 3.63) is 35.5 Å². The van der Waals surface area contributed by atoms with E-state index in [-0.39, 0.29) is 5.41 Å². The second-order valence-corrected chi connectivity index (χ2v) is 7.09. The molecule has 1 nitrogen and oxygen atoms in total. The molecule has 0 bridgehead atoms. The molecule has 1 aliphatic rings. The molecule has 0 radical (unpaired) electrons. The predicted octanol–water partition coefficient (Wildman–Crippen LogP) is 5.51. The summed E-state index contributed by atoms with van der Waals surface area (Å²) in [4.78, 5) is 3.46. The number of aromatic amines is 1. The van der Waals surface area contributed by atoms with Crippen LogP contribution in [0.4, 0.5) is 0 Å². The van der Waals surface area contributed by atoms with Crippen LogP contribution in [0.25, 0.3) is 10.9 Å². The van der Waals surface area contributed by atoms with Crippen molar-refractivity contribution in [1.82, 2.24) is 4.98 Å². The Morgan fingerprint density at radius 2 is 1.79 bits per heavy atom. The van der Waals surface area contributed by atoms with Crippen LogP contribution in [-0.4, -0.2) is 4.98 Å². The Morgan fingerprint density at radius 1 is 1.05 bits per heavy atom. The summed E-state index contributed by atoms with van der Waals surface area (Å²) in [7, 11) is 0. The Morgan fingerprint density at radius 3 is 2.47 bits per heavy atom. The van der Waals surface area contributed by atoms with Crippen LogP contribution in [0.3, 0.4) is 0 Å². The molecule has 102 valence electrons. The van der Waals surface area contributed by atoms with Crippen molar-refractivity contribution in [1.29, 1.82) is 0 Å². The average molecular weight is 255 g/mol. The zero-order valence-electron chi connectivity index (χ0n) is 12.4.